The lowest BCUT2D eigenvalue weighted by atomic mass is 9.85. The van der Waals surface area contributed by atoms with E-state index in [-0.39, 0.29) is 29.7 Å². The van der Waals surface area contributed by atoms with E-state index in [0.29, 0.717) is 25.8 Å². The fraction of sp³-hybridized carbons (Fsp3) is 0.600. The van der Waals surface area contributed by atoms with Crippen molar-refractivity contribution >= 4 is 28.8 Å². The second-order valence-corrected chi connectivity index (χ2v) is 10.1. The van der Waals surface area contributed by atoms with Gasteiger partial charge < -0.3 is 19.9 Å². The molecule has 0 unspecified atom stereocenters. The molecule has 8 heteroatoms. The van der Waals surface area contributed by atoms with Gasteiger partial charge in [-0.1, -0.05) is 34.6 Å². The summed E-state index contributed by atoms with van der Waals surface area (Å²) in [6, 6.07) is 2.86. The molecule has 0 radical (unpaired) electrons. The number of fused-ring (bicyclic) bond motifs is 1. The number of likely N-dealkylation sites (tertiary alicyclic amines) is 1. The summed E-state index contributed by atoms with van der Waals surface area (Å²) < 4.78 is 5.62. The molecule has 2 aromatic rings. The number of hydrogen-bond acceptors (Lipinski definition) is 5. The van der Waals surface area contributed by atoms with Crippen LogP contribution in [0.3, 0.4) is 0 Å². The zero-order valence-electron chi connectivity index (χ0n) is 20.5. The number of ether oxygens (including phenoxy) is 1. The molecule has 0 spiro atoms. The molecule has 1 saturated heterocycles. The van der Waals surface area contributed by atoms with Gasteiger partial charge in [0.1, 0.15) is 17.8 Å². The molecule has 1 aliphatic heterocycles. The largest absolute Gasteiger partial charge is 0.460 e. The van der Waals surface area contributed by atoms with Crippen LogP contribution in [0.4, 0.5) is 0 Å². The van der Waals surface area contributed by atoms with Gasteiger partial charge in [-0.2, -0.15) is 0 Å². The van der Waals surface area contributed by atoms with Crippen LogP contribution in [0.15, 0.2) is 24.5 Å². The second-order valence-electron chi connectivity index (χ2n) is 10.1. The number of carbonyl (C=O) groups excluding carboxylic acids is 3. The van der Waals surface area contributed by atoms with Gasteiger partial charge in [0.2, 0.25) is 11.8 Å². The molecule has 1 fully saturated rings. The number of pyridine rings is 1. The maximum absolute atomic E-state index is 13.8. The van der Waals surface area contributed by atoms with E-state index in [2.05, 4.69) is 15.3 Å². The minimum absolute atomic E-state index is 0.124. The van der Waals surface area contributed by atoms with Crippen LogP contribution in [0, 0.1) is 11.3 Å². The molecule has 8 nitrogen and oxygen atoms in total. The Morgan fingerprint density at radius 3 is 2.70 bits per heavy atom. The van der Waals surface area contributed by atoms with E-state index in [4.69, 9.17) is 4.74 Å². The normalized spacial score (nSPS) is 20.5. The number of esters is 1. The van der Waals surface area contributed by atoms with Crippen LogP contribution in [0.25, 0.3) is 11.0 Å². The van der Waals surface area contributed by atoms with Crippen LogP contribution < -0.4 is 5.32 Å². The molecule has 0 saturated carbocycles. The van der Waals surface area contributed by atoms with Crippen molar-refractivity contribution in [3.05, 3.63) is 30.1 Å². The zero-order chi connectivity index (χ0) is 24.3. The topological polar surface area (TPSA) is 104 Å². The lowest BCUT2D eigenvalue weighted by Crippen LogP contribution is -2.57. The number of hydrogen-bond donors (Lipinski definition) is 2. The molecular weight excluding hydrogens is 420 g/mol. The first-order chi connectivity index (χ1) is 15.5. The Labute approximate surface area is 195 Å². The SMILES string of the molecule is CC[C@@H](C)C(=O)N[C@H](C(=O)N1CC[C@H](OC(C)=O)[C@H]1Cc1c[nH]c2ncccc12)C(C)(C)C. The standard InChI is InChI=1S/C25H36N4O4/c1-7-15(2)23(31)28-21(25(4,5)6)24(32)29-12-10-20(33-16(3)30)19(29)13-17-14-27-22-18(17)9-8-11-26-22/h8-9,11,14-15,19-21H,7,10,12-13H2,1-6H3,(H,26,27)(H,28,31)/t15-,19-,20+,21-/m1/s1. The van der Waals surface area contributed by atoms with Crippen LogP contribution >= 0.6 is 0 Å². The van der Waals surface area contributed by atoms with Crippen LogP contribution in [-0.4, -0.2) is 57.4 Å². The molecule has 1 aliphatic rings. The minimum Gasteiger partial charge on any atom is -0.460 e. The Balaban J connectivity index is 1.91. The highest BCUT2D eigenvalue weighted by molar-refractivity contribution is 5.89. The maximum atomic E-state index is 13.8. The average Bonchev–Trinajstić information content (AvgIpc) is 3.34. The Kier molecular flexibility index (Phi) is 7.44. The van der Waals surface area contributed by atoms with Crippen molar-refractivity contribution in [2.75, 3.05) is 6.54 Å². The van der Waals surface area contributed by atoms with E-state index in [0.717, 1.165) is 16.6 Å². The highest BCUT2D eigenvalue weighted by Gasteiger charge is 2.44. The van der Waals surface area contributed by atoms with Gasteiger partial charge in [-0.15, -0.1) is 0 Å². The molecule has 2 aromatic heterocycles. The van der Waals surface area contributed by atoms with E-state index < -0.39 is 17.6 Å². The van der Waals surface area contributed by atoms with Gasteiger partial charge in [0.25, 0.3) is 0 Å². The molecular formula is C25H36N4O4. The van der Waals surface area contributed by atoms with Gasteiger partial charge in [0, 0.05) is 43.6 Å². The Morgan fingerprint density at radius 1 is 1.33 bits per heavy atom. The molecule has 180 valence electrons. The summed E-state index contributed by atoms with van der Waals surface area (Å²) in [5.41, 5.74) is 1.31. The highest BCUT2D eigenvalue weighted by Crippen LogP contribution is 2.31. The molecule has 0 bridgehead atoms. The summed E-state index contributed by atoms with van der Waals surface area (Å²) in [5, 5.41) is 3.98. The van der Waals surface area contributed by atoms with Crippen LogP contribution in [0.2, 0.25) is 0 Å². The number of aromatic nitrogens is 2. The van der Waals surface area contributed by atoms with E-state index >= 15 is 0 Å². The Bertz CT molecular complexity index is 1010. The van der Waals surface area contributed by atoms with Gasteiger partial charge in [0.05, 0.1) is 6.04 Å². The molecule has 2 amide bonds. The number of nitrogens with one attached hydrogen (secondary N) is 2. The van der Waals surface area contributed by atoms with Crippen molar-refractivity contribution in [3.8, 4) is 0 Å². The summed E-state index contributed by atoms with van der Waals surface area (Å²) in [5.74, 6) is -0.806. The van der Waals surface area contributed by atoms with E-state index in [1.54, 1.807) is 11.1 Å². The van der Waals surface area contributed by atoms with E-state index in [1.165, 1.54) is 6.92 Å². The third-order valence-corrected chi connectivity index (χ3v) is 6.51. The fourth-order valence-electron chi connectivity index (χ4n) is 4.38. The van der Waals surface area contributed by atoms with Crippen molar-refractivity contribution in [3.63, 3.8) is 0 Å². The summed E-state index contributed by atoms with van der Waals surface area (Å²) in [7, 11) is 0. The predicted molar refractivity (Wildman–Crippen MR) is 126 cm³/mol. The fourth-order valence-corrected chi connectivity index (χ4v) is 4.38. The van der Waals surface area contributed by atoms with Gasteiger partial charge in [0.15, 0.2) is 0 Å². The van der Waals surface area contributed by atoms with Crippen molar-refractivity contribution in [2.45, 2.75) is 79.0 Å². The zero-order valence-corrected chi connectivity index (χ0v) is 20.5. The molecule has 0 aromatic carbocycles. The van der Waals surface area contributed by atoms with Crippen molar-refractivity contribution in [2.24, 2.45) is 11.3 Å². The average molecular weight is 457 g/mol. The molecule has 3 heterocycles. The first-order valence-electron chi connectivity index (χ1n) is 11.7. The monoisotopic (exact) mass is 456 g/mol. The molecule has 33 heavy (non-hydrogen) atoms. The number of rotatable bonds is 7. The number of H-pyrrole nitrogens is 1. The van der Waals surface area contributed by atoms with Gasteiger partial charge in [-0.3, -0.25) is 14.4 Å². The minimum atomic E-state index is -0.679. The lowest BCUT2D eigenvalue weighted by Gasteiger charge is -2.37. The smallest absolute Gasteiger partial charge is 0.302 e. The Morgan fingerprint density at radius 2 is 2.06 bits per heavy atom. The van der Waals surface area contributed by atoms with E-state index in [9.17, 15) is 14.4 Å². The molecule has 4 atom stereocenters. The number of amides is 2. The van der Waals surface area contributed by atoms with Crippen molar-refractivity contribution < 1.29 is 19.1 Å². The third kappa shape index (κ3) is 5.54. The molecule has 3 rings (SSSR count). The summed E-state index contributed by atoms with van der Waals surface area (Å²) in [4.78, 5) is 47.6. The second kappa shape index (κ2) is 9.93. The van der Waals surface area contributed by atoms with Crippen LogP contribution in [0.5, 0.6) is 0 Å². The van der Waals surface area contributed by atoms with Crippen LogP contribution in [0.1, 0.15) is 59.9 Å². The highest BCUT2D eigenvalue weighted by atomic mass is 16.5. The van der Waals surface area contributed by atoms with Gasteiger partial charge in [-0.05, 0) is 36.0 Å². The first-order valence-corrected chi connectivity index (χ1v) is 11.7. The molecule has 0 aliphatic carbocycles. The first kappa shape index (κ1) is 24.7. The van der Waals surface area contributed by atoms with Crippen molar-refractivity contribution in [1.29, 1.82) is 0 Å². The number of aromatic amines is 1. The summed E-state index contributed by atoms with van der Waals surface area (Å²) >= 11 is 0. The number of carbonyl (C=O) groups is 3. The summed E-state index contributed by atoms with van der Waals surface area (Å²) in [6.07, 6.45) is 5.00. The maximum Gasteiger partial charge on any atom is 0.302 e. The number of nitrogens with zero attached hydrogens (tertiary/aromatic N) is 2. The van der Waals surface area contributed by atoms with Crippen LogP contribution in [-0.2, 0) is 25.5 Å². The van der Waals surface area contributed by atoms with Crippen molar-refractivity contribution in [1.82, 2.24) is 20.2 Å². The predicted octanol–water partition coefficient (Wildman–Crippen LogP) is 3.22. The van der Waals surface area contributed by atoms with Gasteiger partial charge in [-0.25, -0.2) is 4.98 Å². The third-order valence-electron chi connectivity index (χ3n) is 6.51. The quantitative estimate of drug-likeness (QED) is 0.623. The summed E-state index contributed by atoms with van der Waals surface area (Å²) in [6.45, 7) is 11.5. The van der Waals surface area contributed by atoms with Gasteiger partial charge >= 0.3 is 5.97 Å². The Hall–Kier alpha value is -2.90. The van der Waals surface area contributed by atoms with E-state index in [1.807, 2.05) is 52.9 Å². The lowest BCUT2D eigenvalue weighted by molar-refractivity contribution is -0.150. The molecule has 2 N–H and O–H groups in total.